The third-order valence-electron chi connectivity index (χ3n) is 6.03. The molecule has 0 saturated heterocycles. The lowest BCUT2D eigenvalue weighted by molar-refractivity contribution is -0.116. The van der Waals surface area contributed by atoms with Crippen molar-refractivity contribution < 1.29 is 4.79 Å². The Morgan fingerprint density at radius 2 is 1.76 bits per heavy atom. The Labute approximate surface area is 183 Å². The Bertz CT molecular complexity index is 836. The topological polar surface area (TPSA) is 32.3 Å². The Balaban J connectivity index is 1.53. The quantitative estimate of drug-likeness (QED) is 0.553. The van der Waals surface area contributed by atoms with Crippen LogP contribution in [0.4, 0.5) is 0 Å². The normalized spacial score (nSPS) is 16.3. The van der Waals surface area contributed by atoms with E-state index in [4.69, 9.17) is 0 Å². The van der Waals surface area contributed by atoms with Gasteiger partial charge in [-0.05, 0) is 68.3 Å². The standard InChI is InChI=1S/C25H31BrN2O/c1-28(2)25(15-4-3-5-16-25)18-21-9-11-22(12-10-21)19-27-24(29)14-13-20-7-6-8-23(26)17-20/h6-14,17H,3-5,15-16,18-19H2,1-2H3,(H,27,29). The summed E-state index contributed by atoms with van der Waals surface area (Å²) in [4.78, 5) is 14.5. The van der Waals surface area contributed by atoms with Gasteiger partial charge < -0.3 is 10.2 Å². The van der Waals surface area contributed by atoms with Crippen molar-refractivity contribution >= 4 is 27.9 Å². The van der Waals surface area contributed by atoms with Crippen LogP contribution in [-0.2, 0) is 17.8 Å². The monoisotopic (exact) mass is 454 g/mol. The molecule has 1 aliphatic carbocycles. The molecule has 1 fully saturated rings. The van der Waals surface area contributed by atoms with Crippen molar-refractivity contribution in [1.29, 1.82) is 0 Å². The molecule has 1 N–H and O–H groups in total. The van der Waals surface area contributed by atoms with Gasteiger partial charge in [0.25, 0.3) is 0 Å². The summed E-state index contributed by atoms with van der Waals surface area (Å²) < 4.78 is 1.00. The van der Waals surface area contributed by atoms with Gasteiger partial charge in [0.15, 0.2) is 0 Å². The first-order chi connectivity index (χ1) is 14.0. The molecule has 3 rings (SSSR count). The predicted octanol–water partition coefficient (Wildman–Crippen LogP) is 5.59. The smallest absolute Gasteiger partial charge is 0.244 e. The van der Waals surface area contributed by atoms with Gasteiger partial charge in [0, 0.05) is 22.6 Å². The van der Waals surface area contributed by atoms with Crippen LogP contribution in [0.1, 0.15) is 48.8 Å². The summed E-state index contributed by atoms with van der Waals surface area (Å²) in [6, 6.07) is 16.6. The second-order valence-corrected chi connectivity index (χ2v) is 9.19. The van der Waals surface area contributed by atoms with Crippen LogP contribution in [0.25, 0.3) is 6.08 Å². The number of nitrogens with zero attached hydrogens (tertiary/aromatic N) is 1. The summed E-state index contributed by atoms with van der Waals surface area (Å²) in [6.07, 6.45) is 11.1. The van der Waals surface area contributed by atoms with Crippen LogP contribution in [0, 0.1) is 0 Å². The molecule has 154 valence electrons. The van der Waals surface area contributed by atoms with E-state index >= 15 is 0 Å². The maximum absolute atomic E-state index is 12.1. The number of amides is 1. The molecular formula is C25H31BrN2O. The lowest BCUT2D eigenvalue weighted by Gasteiger charge is -2.43. The fourth-order valence-electron chi connectivity index (χ4n) is 4.18. The van der Waals surface area contributed by atoms with Crippen molar-refractivity contribution in [2.75, 3.05) is 14.1 Å². The van der Waals surface area contributed by atoms with E-state index in [1.54, 1.807) is 6.08 Å². The molecular weight excluding hydrogens is 424 g/mol. The SMILES string of the molecule is CN(C)C1(Cc2ccc(CNC(=O)C=Cc3cccc(Br)c3)cc2)CCCCC1. The number of carbonyl (C=O) groups is 1. The third-order valence-corrected chi connectivity index (χ3v) is 6.52. The molecule has 4 heteroatoms. The molecule has 0 spiro atoms. The molecule has 0 unspecified atom stereocenters. The molecule has 1 aliphatic rings. The van der Waals surface area contributed by atoms with Crippen molar-refractivity contribution in [3.05, 3.63) is 75.8 Å². The number of hydrogen-bond acceptors (Lipinski definition) is 2. The van der Waals surface area contributed by atoms with Crippen LogP contribution in [0.2, 0.25) is 0 Å². The number of halogens is 1. The van der Waals surface area contributed by atoms with Crippen LogP contribution in [0.3, 0.4) is 0 Å². The van der Waals surface area contributed by atoms with Gasteiger partial charge >= 0.3 is 0 Å². The van der Waals surface area contributed by atoms with Crippen molar-refractivity contribution in [2.24, 2.45) is 0 Å². The van der Waals surface area contributed by atoms with Gasteiger partial charge in [-0.2, -0.15) is 0 Å². The van der Waals surface area contributed by atoms with Gasteiger partial charge in [0.05, 0.1) is 0 Å². The highest BCUT2D eigenvalue weighted by atomic mass is 79.9. The zero-order chi connectivity index (χ0) is 20.7. The maximum atomic E-state index is 12.1. The number of rotatable bonds is 7. The Morgan fingerprint density at radius 3 is 2.41 bits per heavy atom. The molecule has 0 heterocycles. The second kappa shape index (κ2) is 10.2. The van der Waals surface area contributed by atoms with Crippen LogP contribution in [0.5, 0.6) is 0 Å². The highest BCUT2D eigenvalue weighted by Gasteiger charge is 2.34. The fraction of sp³-hybridized carbons (Fsp3) is 0.400. The first-order valence-electron chi connectivity index (χ1n) is 10.4. The van der Waals surface area contributed by atoms with Gasteiger partial charge in [0.2, 0.25) is 5.91 Å². The first kappa shape index (κ1) is 21.8. The maximum Gasteiger partial charge on any atom is 0.244 e. The van der Waals surface area contributed by atoms with E-state index in [1.165, 1.54) is 37.7 Å². The van der Waals surface area contributed by atoms with Gasteiger partial charge in [-0.25, -0.2) is 0 Å². The fourth-order valence-corrected chi connectivity index (χ4v) is 4.59. The van der Waals surface area contributed by atoms with Crippen molar-refractivity contribution in [3.8, 4) is 0 Å². The number of benzene rings is 2. The van der Waals surface area contributed by atoms with E-state index < -0.39 is 0 Å². The molecule has 0 aromatic heterocycles. The second-order valence-electron chi connectivity index (χ2n) is 8.28. The lowest BCUT2D eigenvalue weighted by atomic mass is 9.76. The molecule has 3 nitrogen and oxygen atoms in total. The molecule has 2 aromatic rings. The molecule has 0 atom stereocenters. The average Bonchev–Trinajstić information content (AvgIpc) is 2.72. The van der Waals surface area contributed by atoms with Gasteiger partial charge in [-0.15, -0.1) is 0 Å². The first-order valence-corrected chi connectivity index (χ1v) is 11.2. The van der Waals surface area contributed by atoms with Gasteiger partial charge in [-0.1, -0.05) is 71.6 Å². The summed E-state index contributed by atoms with van der Waals surface area (Å²) in [7, 11) is 4.44. The number of likely N-dealkylation sites (N-methyl/N-ethyl adjacent to an activating group) is 1. The minimum Gasteiger partial charge on any atom is -0.348 e. The van der Waals surface area contributed by atoms with Crippen molar-refractivity contribution in [2.45, 2.75) is 50.6 Å². The third kappa shape index (κ3) is 6.28. The molecule has 29 heavy (non-hydrogen) atoms. The summed E-state index contributed by atoms with van der Waals surface area (Å²) in [5, 5.41) is 2.96. The van der Waals surface area contributed by atoms with Gasteiger partial charge in [-0.3, -0.25) is 4.79 Å². The number of hydrogen-bond donors (Lipinski definition) is 1. The Hall–Kier alpha value is -1.91. The number of carbonyl (C=O) groups excluding carboxylic acids is 1. The van der Waals surface area contributed by atoms with E-state index in [-0.39, 0.29) is 5.91 Å². The van der Waals surface area contributed by atoms with E-state index in [2.05, 4.69) is 64.5 Å². The zero-order valence-corrected chi connectivity index (χ0v) is 19.0. The van der Waals surface area contributed by atoms with E-state index in [0.717, 1.165) is 22.0 Å². The lowest BCUT2D eigenvalue weighted by Crippen LogP contribution is -2.47. The predicted molar refractivity (Wildman–Crippen MR) is 125 cm³/mol. The molecule has 1 amide bonds. The highest BCUT2D eigenvalue weighted by molar-refractivity contribution is 9.10. The molecule has 0 radical (unpaired) electrons. The summed E-state index contributed by atoms with van der Waals surface area (Å²) >= 11 is 3.44. The summed E-state index contributed by atoms with van der Waals surface area (Å²) in [5.74, 6) is -0.0807. The van der Waals surface area contributed by atoms with E-state index in [9.17, 15) is 4.79 Å². The summed E-state index contributed by atoms with van der Waals surface area (Å²) in [6.45, 7) is 0.542. The summed E-state index contributed by atoms with van der Waals surface area (Å²) in [5.41, 5.74) is 3.80. The Kier molecular flexibility index (Phi) is 7.68. The molecule has 1 saturated carbocycles. The largest absolute Gasteiger partial charge is 0.348 e. The molecule has 0 aliphatic heterocycles. The van der Waals surface area contributed by atoms with Crippen molar-refractivity contribution in [3.63, 3.8) is 0 Å². The van der Waals surface area contributed by atoms with Crippen molar-refractivity contribution in [1.82, 2.24) is 10.2 Å². The van der Waals surface area contributed by atoms with Crippen LogP contribution < -0.4 is 5.32 Å². The number of nitrogens with one attached hydrogen (secondary N) is 1. The average molecular weight is 455 g/mol. The van der Waals surface area contributed by atoms with E-state index in [0.29, 0.717) is 12.1 Å². The highest BCUT2D eigenvalue weighted by Crippen LogP contribution is 2.35. The molecule has 2 aromatic carbocycles. The Morgan fingerprint density at radius 1 is 1.07 bits per heavy atom. The molecule has 0 bridgehead atoms. The van der Waals surface area contributed by atoms with Crippen LogP contribution in [0.15, 0.2) is 59.1 Å². The van der Waals surface area contributed by atoms with Gasteiger partial charge in [0.1, 0.15) is 0 Å². The zero-order valence-electron chi connectivity index (χ0n) is 17.5. The van der Waals surface area contributed by atoms with Crippen LogP contribution in [-0.4, -0.2) is 30.4 Å². The minimum absolute atomic E-state index is 0.0807. The van der Waals surface area contributed by atoms with Crippen LogP contribution >= 0.6 is 15.9 Å². The van der Waals surface area contributed by atoms with E-state index in [1.807, 2.05) is 30.3 Å². The minimum atomic E-state index is -0.0807.